The van der Waals surface area contributed by atoms with Crippen LogP contribution < -0.4 is 5.32 Å². The number of rotatable bonds is 5. The molecule has 106 valence electrons. The molecule has 0 aromatic carbocycles. The summed E-state index contributed by atoms with van der Waals surface area (Å²) in [6.07, 6.45) is 3.31. The van der Waals surface area contributed by atoms with Gasteiger partial charge in [0, 0.05) is 29.8 Å². The molecule has 1 heterocycles. The Morgan fingerprint density at radius 2 is 2.05 bits per heavy atom. The van der Waals surface area contributed by atoms with E-state index in [0.717, 1.165) is 11.0 Å². The molecule has 0 spiro atoms. The van der Waals surface area contributed by atoms with Gasteiger partial charge < -0.3 is 15.1 Å². The van der Waals surface area contributed by atoms with Gasteiger partial charge in [-0.15, -0.1) is 0 Å². The van der Waals surface area contributed by atoms with E-state index in [1.807, 2.05) is 34.0 Å². The van der Waals surface area contributed by atoms with Gasteiger partial charge >= 0.3 is 6.03 Å². The van der Waals surface area contributed by atoms with Crippen LogP contribution >= 0.6 is 15.9 Å². The molecule has 1 aromatic heterocycles. The Balaban J connectivity index is 2.66. The summed E-state index contributed by atoms with van der Waals surface area (Å²) in [4.78, 5) is 20.1. The van der Waals surface area contributed by atoms with Crippen LogP contribution in [-0.2, 0) is 0 Å². The lowest BCUT2D eigenvalue weighted by molar-refractivity contribution is 0.189. The molecule has 1 rings (SSSR count). The quantitative estimate of drug-likeness (QED) is 0.903. The van der Waals surface area contributed by atoms with Crippen molar-refractivity contribution in [2.45, 2.75) is 19.9 Å². The Hall–Kier alpha value is -1.14. The summed E-state index contributed by atoms with van der Waals surface area (Å²) in [6, 6.07) is 1.88. The summed E-state index contributed by atoms with van der Waals surface area (Å²) in [6.45, 7) is 5.54. The molecule has 0 fully saturated rings. The first-order valence-electron chi connectivity index (χ1n) is 6.23. The van der Waals surface area contributed by atoms with Crippen LogP contribution in [0.5, 0.6) is 0 Å². The fourth-order valence-corrected chi connectivity index (χ4v) is 1.94. The topological polar surface area (TPSA) is 48.5 Å². The molecule has 0 saturated heterocycles. The number of hydrogen-bond donors (Lipinski definition) is 1. The standard InChI is InChI=1S/C13H21BrN4O/c1-10(2)18(6-5-17(3)4)13(19)16-12-7-11(14)8-15-9-12/h7-10H,5-6H2,1-4H3,(H,16,19). The van der Waals surface area contributed by atoms with Crippen molar-refractivity contribution in [3.63, 3.8) is 0 Å². The van der Waals surface area contributed by atoms with Gasteiger partial charge in [0.05, 0.1) is 11.9 Å². The monoisotopic (exact) mass is 328 g/mol. The smallest absolute Gasteiger partial charge is 0.321 e. The highest BCUT2D eigenvalue weighted by Gasteiger charge is 2.17. The summed E-state index contributed by atoms with van der Waals surface area (Å²) in [7, 11) is 3.99. The van der Waals surface area contributed by atoms with Crippen molar-refractivity contribution < 1.29 is 4.79 Å². The number of urea groups is 1. The van der Waals surface area contributed by atoms with E-state index in [-0.39, 0.29) is 12.1 Å². The maximum absolute atomic E-state index is 12.2. The van der Waals surface area contributed by atoms with Crippen LogP contribution in [0.1, 0.15) is 13.8 Å². The van der Waals surface area contributed by atoms with Crippen LogP contribution in [-0.4, -0.2) is 54.0 Å². The molecule has 0 aliphatic rings. The number of aromatic nitrogens is 1. The lowest BCUT2D eigenvalue weighted by atomic mass is 10.3. The third-order valence-corrected chi connectivity index (χ3v) is 3.06. The number of anilines is 1. The summed E-state index contributed by atoms with van der Waals surface area (Å²) in [5.74, 6) is 0. The van der Waals surface area contributed by atoms with Gasteiger partial charge in [-0.25, -0.2) is 4.79 Å². The van der Waals surface area contributed by atoms with Gasteiger partial charge in [0.15, 0.2) is 0 Å². The number of nitrogens with zero attached hydrogens (tertiary/aromatic N) is 3. The molecule has 0 saturated carbocycles. The van der Waals surface area contributed by atoms with E-state index >= 15 is 0 Å². The zero-order chi connectivity index (χ0) is 14.4. The van der Waals surface area contributed by atoms with Crippen LogP contribution in [0.4, 0.5) is 10.5 Å². The van der Waals surface area contributed by atoms with Crippen LogP contribution in [0.15, 0.2) is 22.9 Å². The average Bonchev–Trinajstić information content (AvgIpc) is 2.28. The first-order chi connectivity index (χ1) is 8.90. The summed E-state index contributed by atoms with van der Waals surface area (Å²) in [5.41, 5.74) is 0.690. The van der Waals surface area contributed by atoms with E-state index in [9.17, 15) is 4.79 Å². The SMILES string of the molecule is CC(C)N(CCN(C)C)C(=O)Nc1cncc(Br)c1. The fourth-order valence-electron chi connectivity index (χ4n) is 1.58. The van der Waals surface area contributed by atoms with Gasteiger partial charge in [-0.2, -0.15) is 0 Å². The molecule has 0 unspecified atom stereocenters. The molecule has 5 nitrogen and oxygen atoms in total. The van der Waals surface area contributed by atoms with Crippen molar-refractivity contribution in [2.75, 3.05) is 32.5 Å². The van der Waals surface area contributed by atoms with Crippen LogP contribution in [0.2, 0.25) is 0 Å². The molecule has 0 radical (unpaired) electrons. The minimum absolute atomic E-state index is 0.100. The predicted octanol–water partition coefficient (Wildman–Crippen LogP) is 2.65. The number of halogens is 1. The van der Waals surface area contributed by atoms with Crippen molar-refractivity contribution in [3.05, 3.63) is 22.9 Å². The number of pyridine rings is 1. The van der Waals surface area contributed by atoms with E-state index in [2.05, 4.69) is 31.1 Å². The van der Waals surface area contributed by atoms with Crippen molar-refractivity contribution in [2.24, 2.45) is 0 Å². The lowest BCUT2D eigenvalue weighted by Crippen LogP contribution is -2.43. The van der Waals surface area contributed by atoms with Crippen molar-refractivity contribution in [3.8, 4) is 0 Å². The predicted molar refractivity (Wildman–Crippen MR) is 81.4 cm³/mol. The number of likely N-dealkylation sites (N-methyl/N-ethyl adjacent to an activating group) is 1. The number of carbonyl (C=O) groups is 1. The Kier molecular flexibility index (Phi) is 6.24. The number of carbonyl (C=O) groups excluding carboxylic acids is 1. The Morgan fingerprint density at radius 3 is 2.58 bits per heavy atom. The van der Waals surface area contributed by atoms with Crippen molar-refractivity contribution >= 4 is 27.6 Å². The largest absolute Gasteiger partial charge is 0.322 e. The maximum atomic E-state index is 12.2. The molecule has 0 bridgehead atoms. The second-order valence-electron chi connectivity index (χ2n) is 4.91. The zero-order valence-corrected chi connectivity index (χ0v) is 13.4. The lowest BCUT2D eigenvalue weighted by Gasteiger charge is -2.28. The van der Waals surface area contributed by atoms with Crippen LogP contribution in [0, 0.1) is 0 Å². The van der Waals surface area contributed by atoms with Crippen molar-refractivity contribution in [1.82, 2.24) is 14.8 Å². The molecule has 1 aromatic rings. The Bertz CT molecular complexity index is 423. The van der Waals surface area contributed by atoms with Gasteiger partial charge in [-0.05, 0) is 49.9 Å². The highest BCUT2D eigenvalue weighted by molar-refractivity contribution is 9.10. The summed E-state index contributed by atoms with van der Waals surface area (Å²) in [5, 5.41) is 2.86. The molecule has 2 amide bonds. The van der Waals surface area contributed by atoms with E-state index in [1.54, 1.807) is 17.3 Å². The minimum Gasteiger partial charge on any atom is -0.321 e. The second-order valence-corrected chi connectivity index (χ2v) is 5.83. The molecule has 6 heteroatoms. The average molecular weight is 329 g/mol. The molecule has 1 N–H and O–H groups in total. The number of hydrogen-bond acceptors (Lipinski definition) is 3. The van der Waals surface area contributed by atoms with E-state index in [0.29, 0.717) is 12.2 Å². The molecular formula is C13H21BrN4O. The van der Waals surface area contributed by atoms with E-state index in [1.165, 1.54) is 0 Å². The second kappa shape index (κ2) is 7.45. The molecule has 0 aliphatic carbocycles. The highest BCUT2D eigenvalue weighted by atomic mass is 79.9. The van der Waals surface area contributed by atoms with E-state index < -0.39 is 0 Å². The van der Waals surface area contributed by atoms with Gasteiger partial charge in [0.25, 0.3) is 0 Å². The third kappa shape index (κ3) is 5.57. The van der Waals surface area contributed by atoms with E-state index in [4.69, 9.17) is 0 Å². The number of nitrogens with one attached hydrogen (secondary N) is 1. The number of amides is 2. The first-order valence-corrected chi connectivity index (χ1v) is 7.02. The zero-order valence-electron chi connectivity index (χ0n) is 11.9. The summed E-state index contributed by atoms with van der Waals surface area (Å²) >= 11 is 3.33. The van der Waals surface area contributed by atoms with Crippen molar-refractivity contribution in [1.29, 1.82) is 0 Å². The normalized spacial score (nSPS) is 10.9. The third-order valence-electron chi connectivity index (χ3n) is 2.63. The fraction of sp³-hybridized carbons (Fsp3) is 0.538. The van der Waals surface area contributed by atoms with Gasteiger partial charge in [0.1, 0.15) is 0 Å². The molecular weight excluding hydrogens is 308 g/mol. The van der Waals surface area contributed by atoms with Gasteiger partial charge in [0.2, 0.25) is 0 Å². The molecule has 0 aliphatic heterocycles. The Labute approximate surface area is 123 Å². The molecule has 19 heavy (non-hydrogen) atoms. The Morgan fingerprint density at radius 1 is 1.37 bits per heavy atom. The van der Waals surface area contributed by atoms with Crippen LogP contribution in [0.3, 0.4) is 0 Å². The summed E-state index contributed by atoms with van der Waals surface area (Å²) < 4.78 is 0.842. The van der Waals surface area contributed by atoms with Gasteiger partial charge in [-0.3, -0.25) is 4.98 Å². The molecule has 0 atom stereocenters. The minimum atomic E-state index is -0.100. The highest BCUT2D eigenvalue weighted by Crippen LogP contribution is 2.14. The maximum Gasteiger partial charge on any atom is 0.322 e. The van der Waals surface area contributed by atoms with Gasteiger partial charge in [-0.1, -0.05) is 0 Å². The first kappa shape index (κ1) is 15.9. The van der Waals surface area contributed by atoms with Crippen LogP contribution in [0.25, 0.3) is 0 Å².